The molecule has 102 valence electrons. The van der Waals surface area contributed by atoms with E-state index >= 15 is 0 Å². The van der Waals surface area contributed by atoms with Crippen LogP contribution in [0.5, 0.6) is 0 Å². The molecule has 0 saturated carbocycles. The molecule has 0 aliphatic carbocycles. The summed E-state index contributed by atoms with van der Waals surface area (Å²) in [5.74, 6) is -0.240. The van der Waals surface area contributed by atoms with E-state index in [0.29, 0.717) is 23.7 Å². The average molecular weight is 283 g/mol. The number of carbonyl (C=O) groups excluding carboxylic acids is 2. The second kappa shape index (κ2) is 5.93. The Morgan fingerprint density at radius 1 is 1.42 bits per heavy atom. The Labute approximate surface area is 116 Å². The van der Waals surface area contributed by atoms with Gasteiger partial charge in [0.25, 0.3) is 0 Å². The molecule has 6 heteroatoms. The van der Waals surface area contributed by atoms with E-state index in [9.17, 15) is 9.59 Å². The predicted molar refractivity (Wildman–Crippen MR) is 72.2 cm³/mol. The summed E-state index contributed by atoms with van der Waals surface area (Å²) in [6.07, 6.45) is 0.943. The van der Waals surface area contributed by atoms with Gasteiger partial charge in [-0.3, -0.25) is 9.69 Å². The van der Waals surface area contributed by atoms with Crippen LogP contribution in [0.1, 0.15) is 12.8 Å². The van der Waals surface area contributed by atoms with E-state index in [1.165, 1.54) is 12.0 Å². The first-order valence-corrected chi connectivity index (χ1v) is 6.41. The lowest BCUT2D eigenvalue weighted by Crippen LogP contribution is -2.43. The number of hydrogen-bond donors (Lipinski definition) is 1. The first-order valence-electron chi connectivity index (χ1n) is 6.03. The highest BCUT2D eigenvalue weighted by atomic mass is 35.5. The summed E-state index contributed by atoms with van der Waals surface area (Å²) in [5.41, 5.74) is 0.547. The van der Waals surface area contributed by atoms with Crippen molar-refractivity contribution in [1.82, 2.24) is 4.90 Å². The maximum absolute atomic E-state index is 12.2. The molecule has 1 aromatic rings. The summed E-state index contributed by atoms with van der Waals surface area (Å²) in [6.45, 7) is 0.535. The number of rotatable bonds is 2. The number of halogens is 1. The van der Waals surface area contributed by atoms with Gasteiger partial charge >= 0.3 is 6.09 Å². The van der Waals surface area contributed by atoms with Crippen LogP contribution in [0.4, 0.5) is 10.5 Å². The van der Waals surface area contributed by atoms with Gasteiger partial charge in [0, 0.05) is 6.54 Å². The summed E-state index contributed by atoms with van der Waals surface area (Å²) in [6, 6.07) is 6.49. The molecule has 1 N–H and O–H groups in total. The van der Waals surface area contributed by atoms with Gasteiger partial charge in [-0.1, -0.05) is 23.7 Å². The molecule has 2 rings (SSSR count). The quantitative estimate of drug-likeness (QED) is 0.907. The monoisotopic (exact) mass is 282 g/mol. The molecule has 1 saturated heterocycles. The van der Waals surface area contributed by atoms with Crippen molar-refractivity contribution in [3.63, 3.8) is 0 Å². The van der Waals surface area contributed by atoms with Crippen LogP contribution in [-0.2, 0) is 9.53 Å². The van der Waals surface area contributed by atoms with E-state index in [0.717, 1.165) is 6.42 Å². The molecule has 0 aromatic heterocycles. The van der Waals surface area contributed by atoms with Crippen molar-refractivity contribution in [2.75, 3.05) is 19.0 Å². The summed E-state index contributed by atoms with van der Waals surface area (Å²) < 4.78 is 4.67. The highest BCUT2D eigenvalue weighted by Gasteiger charge is 2.34. The number of methoxy groups -OCH3 is 1. The zero-order chi connectivity index (χ0) is 13.8. The smallest absolute Gasteiger partial charge is 0.410 e. The predicted octanol–water partition coefficient (Wildman–Crippen LogP) is 2.51. The molecular weight excluding hydrogens is 268 g/mol. The third-order valence-electron chi connectivity index (χ3n) is 3.10. The molecule has 2 amide bonds. The SMILES string of the molecule is COC(=O)N1CCCC1C(=O)Nc1ccccc1Cl. The number of carbonyl (C=O) groups is 2. The van der Waals surface area contributed by atoms with E-state index in [2.05, 4.69) is 10.1 Å². The van der Waals surface area contributed by atoms with E-state index < -0.39 is 12.1 Å². The Balaban J connectivity index is 2.07. The normalized spacial score (nSPS) is 18.2. The summed E-state index contributed by atoms with van der Waals surface area (Å²) in [7, 11) is 1.31. The number of likely N-dealkylation sites (tertiary alicyclic amines) is 1. The molecule has 5 nitrogen and oxygen atoms in total. The molecular formula is C13H15ClN2O3. The van der Waals surface area contributed by atoms with Crippen molar-refractivity contribution in [2.45, 2.75) is 18.9 Å². The fraction of sp³-hybridized carbons (Fsp3) is 0.385. The van der Waals surface area contributed by atoms with Crippen molar-refractivity contribution < 1.29 is 14.3 Å². The number of hydrogen-bond acceptors (Lipinski definition) is 3. The highest BCUT2D eigenvalue weighted by molar-refractivity contribution is 6.33. The molecule has 1 aromatic carbocycles. The Bertz CT molecular complexity index is 493. The van der Waals surface area contributed by atoms with E-state index in [1.54, 1.807) is 24.3 Å². The maximum atomic E-state index is 12.2. The first-order chi connectivity index (χ1) is 9.13. The largest absolute Gasteiger partial charge is 0.453 e. The van der Waals surface area contributed by atoms with Crippen molar-refractivity contribution in [2.24, 2.45) is 0 Å². The summed E-state index contributed by atoms with van der Waals surface area (Å²) in [5, 5.41) is 3.21. The Hall–Kier alpha value is -1.75. The summed E-state index contributed by atoms with van der Waals surface area (Å²) in [4.78, 5) is 25.2. The van der Waals surface area contributed by atoms with Crippen LogP contribution >= 0.6 is 11.6 Å². The first kappa shape index (κ1) is 13.7. The van der Waals surface area contributed by atoms with Crippen LogP contribution in [-0.4, -0.2) is 36.6 Å². The standard InChI is InChI=1S/C13H15ClN2O3/c1-19-13(18)16-8-4-7-11(16)12(17)15-10-6-3-2-5-9(10)14/h2-3,5-6,11H,4,7-8H2,1H3,(H,15,17). The van der Waals surface area contributed by atoms with Gasteiger partial charge in [-0.25, -0.2) is 4.79 Å². The van der Waals surface area contributed by atoms with Crippen molar-refractivity contribution in [1.29, 1.82) is 0 Å². The Morgan fingerprint density at radius 3 is 2.84 bits per heavy atom. The van der Waals surface area contributed by atoms with Crippen molar-refractivity contribution in [3.8, 4) is 0 Å². The lowest BCUT2D eigenvalue weighted by atomic mass is 10.2. The molecule has 1 heterocycles. The molecule has 0 bridgehead atoms. The second-order valence-electron chi connectivity index (χ2n) is 4.29. The topological polar surface area (TPSA) is 58.6 Å². The second-order valence-corrected chi connectivity index (χ2v) is 4.70. The number of para-hydroxylation sites is 1. The Morgan fingerprint density at radius 2 is 2.16 bits per heavy atom. The number of benzene rings is 1. The van der Waals surface area contributed by atoms with Gasteiger partial charge in [-0.2, -0.15) is 0 Å². The highest BCUT2D eigenvalue weighted by Crippen LogP contribution is 2.23. The van der Waals surface area contributed by atoms with Crippen LogP contribution in [0, 0.1) is 0 Å². The van der Waals surface area contributed by atoms with Gasteiger partial charge in [0.15, 0.2) is 0 Å². The van der Waals surface area contributed by atoms with E-state index in [1.807, 2.05) is 0 Å². The van der Waals surface area contributed by atoms with Crippen molar-refractivity contribution in [3.05, 3.63) is 29.3 Å². The summed E-state index contributed by atoms with van der Waals surface area (Å²) >= 11 is 5.98. The molecule has 1 aliphatic rings. The maximum Gasteiger partial charge on any atom is 0.410 e. The van der Waals surface area contributed by atoms with Gasteiger partial charge in [0.1, 0.15) is 6.04 Å². The molecule has 1 fully saturated rings. The van der Waals surface area contributed by atoms with Gasteiger partial charge in [-0.05, 0) is 25.0 Å². The number of nitrogens with one attached hydrogen (secondary N) is 1. The van der Waals surface area contributed by atoms with Crippen LogP contribution < -0.4 is 5.32 Å². The lowest BCUT2D eigenvalue weighted by Gasteiger charge is -2.22. The zero-order valence-electron chi connectivity index (χ0n) is 10.6. The fourth-order valence-electron chi connectivity index (χ4n) is 2.15. The van der Waals surface area contributed by atoms with E-state index in [-0.39, 0.29) is 5.91 Å². The minimum atomic E-state index is -0.497. The molecule has 0 spiro atoms. The van der Waals surface area contributed by atoms with Gasteiger partial charge in [-0.15, -0.1) is 0 Å². The molecule has 0 radical (unpaired) electrons. The van der Waals surface area contributed by atoms with Gasteiger partial charge in [0.2, 0.25) is 5.91 Å². The minimum Gasteiger partial charge on any atom is -0.453 e. The van der Waals surface area contributed by atoms with Gasteiger partial charge < -0.3 is 10.1 Å². The lowest BCUT2D eigenvalue weighted by molar-refractivity contribution is -0.119. The zero-order valence-corrected chi connectivity index (χ0v) is 11.3. The van der Waals surface area contributed by atoms with E-state index in [4.69, 9.17) is 11.6 Å². The van der Waals surface area contributed by atoms with Crippen LogP contribution in [0.15, 0.2) is 24.3 Å². The third kappa shape index (κ3) is 2.98. The van der Waals surface area contributed by atoms with Crippen LogP contribution in [0.25, 0.3) is 0 Å². The van der Waals surface area contributed by atoms with Gasteiger partial charge in [0.05, 0.1) is 17.8 Å². The fourth-order valence-corrected chi connectivity index (χ4v) is 2.34. The number of ether oxygens (including phenoxy) is 1. The molecule has 1 aliphatic heterocycles. The number of anilines is 1. The molecule has 1 atom stereocenters. The number of amides is 2. The average Bonchev–Trinajstić information content (AvgIpc) is 2.90. The van der Waals surface area contributed by atoms with Crippen LogP contribution in [0.2, 0.25) is 5.02 Å². The Kier molecular flexibility index (Phi) is 4.27. The molecule has 19 heavy (non-hydrogen) atoms. The molecule has 1 unspecified atom stereocenters. The van der Waals surface area contributed by atoms with Crippen LogP contribution in [0.3, 0.4) is 0 Å². The van der Waals surface area contributed by atoms with Crippen molar-refractivity contribution >= 4 is 29.3 Å². The minimum absolute atomic E-state index is 0.240. The third-order valence-corrected chi connectivity index (χ3v) is 3.43. The number of nitrogens with zero attached hydrogens (tertiary/aromatic N) is 1.